The molecule has 0 atom stereocenters. The van der Waals surface area contributed by atoms with Crippen LogP contribution in [0.15, 0.2) is 66.7 Å². The second kappa shape index (κ2) is 8.31. The van der Waals surface area contributed by atoms with Crippen molar-refractivity contribution in [2.24, 2.45) is 0 Å². The number of carbonyl (C=O) groups excluding carboxylic acids is 1. The molecular weight excluding hydrogens is 382 g/mol. The van der Waals surface area contributed by atoms with Crippen LogP contribution in [0.2, 0.25) is 0 Å². The van der Waals surface area contributed by atoms with Crippen molar-refractivity contribution in [2.45, 2.75) is 39.0 Å². The van der Waals surface area contributed by atoms with Crippen LogP contribution in [0.1, 0.15) is 39.0 Å². The normalized spacial score (nSPS) is 11.5. The Kier molecular flexibility index (Phi) is 5.21. The summed E-state index contributed by atoms with van der Waals surface area (Å²) in [6, 6.07) is 22.5. The molecular formula is C27H25N3O. The van der Waals surface area contributed by atoms with Crippen LogP contribution in [0.25, 0.3) is 43.6 Å². The van der Waals surface area contributed by atoms with Gasteiger partial charge in [-0.2, -0.15) is 0 Å². The van der Waals surface area contributed by atoms with Gasteiger partial charge in [0.1, 0.15) is 0 Å². The fourth-order valence-electron chi connectivity index (χ4n) is 4.29. The monoisotopic (exact) mass is 407 g/mol. The van der Waals surface area contributed by atoms with E-state index in [0.29, 0.717) is 6.42 Å². The van der Waals surface area contributed by atoms with Crippen LogP contribution in [0.5, 0.6) is 0 Å². The van der Waals surface area contributed by atoms with E-state index >= 15 is 0 Å². The van der Waals surface area contributed by atoms with Crippen molar-refractivity contribution in [3.05, 3.63) is 66.7 Å². The van der Waals surface area contributed by atoms with E-state index in [2.05, 4.69) is 48.6 Å². The second-order valence-electron chi connectivity index (χ2n) is 8.07. The summed E-state index contributed by atoms with van der Waals surface area (Å²) in [5, 5.41) is 7.58. The Morgan fingerprint density at radius 1 is 0.742 bits per heavy atom. The first-order valence-electron chi connectivity index (χ1n) is 11.1. The molecule has 4 nitrogen and oxygen atoms in total. The first kappa shape index (κ1) is 19.4. The quantitative estimate of drug-likeness (QED) is 0.187. The third-order valence-corrected chi connectivity index (χ3v) is 5.86. The first-order valence-corrected chi connectivity index (χ1v) is 11.1. The zero-order valence-electron chi connectivity index (χ0n) is 17.7. The number of rotatable bonds is 6. The minimum absolute atomic E-state index is 0.0562. The number of hydrogen-bond donors (Lipinski definition) is 1. The van der Waals surface area contributed by atoms with Crippen molar-refractivity contribution in [3.8, 4) is 0 Å². The Morgan fingerprint density at radius 2 is 1.35 bits per heavy atom. The van der Waals surface area contributed by atoms with Gasteiger partial charge in [0.15, 0.2) is 0 Å². The molecule has 0 unspecified atom stereocenters. The van der Waals surface area contributed by atoms with Crippen LogP contribution in [-0.4, -0.2) is 15.9 Å². The molecule has 154 valence electrons. The summed E-state index contributed by atoms with van der Waals surface area (Å²) >= 11 is 0. The predicted octanol–water partition coefficient (Wildman–Crippen LogP) is 7.00. The summed E-state index contributed by atoms with van der Waals surface area (Å²) in [5.41, 5.74) is 4.19. The van der Waals surface area contributed by atoms with E-state index in [1.54, 1.807) is 0 Å². The molecule has 31 heavy (non-hydrogen) atoms. The molecule has 0 aliphatic rings. The lowest BCUT2D eigenvalue weighted by atomic mass is 9.99. The lowest BCUT2D eigenvalue weighted by molar-refractivity contribution is -0.116. The van der Waals surface area contributed by atoms with E-state index in [4.69, 9.17) is 9.97 Å². The predicted molar refractivity (Wildman–Crippen MR) is 129 cm³/mol. The summed E-state index contributed by atoms with van der Waals surface area (Å²) < 4.78 is 0. The second-order valence-corrected chi connectivity index (χ2v) is 8.07. The van der Waals surface area contributed by atoms with E-state index in [-0.39, 0.29) is 5.91 Å². The summed E-state index contributed by atoms with van der Waals surface area (Å²) in [7, 11) is 0. The maximum atomic E-state index is 12.3. The smallest absolute Gasteiger partial charge is 0.224 e. The van der Waals surface area contributed by atoms with Crippen LogP contribution in [0.4, 0.5) is 5.69 Å². The van der Waals surface area contributed by atoms with E-state index in [0.717, 1.165) is 51.4 Å². The summed E-state index contributed by atoms with van der Waals surface area (Å²) in [5.74, 6) is 0.0562. The zero-order valence-corrected chi connectivity index (χ0v) is 17.7. The van der Waals surface area contributed by atoms with Crippen LogP contribution < -0.4 is 5.32 Å². The van der Waals surface area contributed by atoms with E-state index < -0.39 is 0 Å². The molecule has 0 aliphatic heterocycles. The largest absolute Gasteiger partial charge is 0.326 e. The molecule has 1 amide bonds. The van der Waals surface area contributed by atoms with Gasteiger partial charge in [-0.3, -0.25) is 4.79 Å². The highest BCUT2D eigenvalue weighted by Crippen LogP contribution is 2.34. The number of anilines is 1. The summed E-state index contributed by atoms with van der Waals surface area (Å²) in [6.45, 7) is 2.17. The molecule has 0 spiro atoms. The number of nitrogens with zero attached hydrogens (tertiary/aromatic N) is 2. The molecule has 1 aromatic heterocycles. The molecule has 1 N–H and O–H groups in total. The van der Waals surface area contributed by atoms with Gasteiger partial charge in [-0.15, -0.1) is 0 Å². The highest BCUT2D eigenvalue weighted by Gasteiger charge is 2.12. The number of hydrogen-bond acceptors (Lipinski definition) is 3. The Morgan fingerprint density at radius 3 is 2.00 bits per heavy atom. The van der Waals surface area contributed by atoms with E-state index in [9.17, 15) is 4.79 Å². The molecule has 0 saturated heterocycles. The standard InChI is InChI=1S/C27H25N3O/c1-2-3-4-5-14-25(31)28-18-15-16-23-24(17-18)30-27-22-13-9-7-11-20(22)19-10-6-8-12-21(19)26(27)29-23/h6-13,15-17H,2-5,14H2,1H3,(H,28,31). The van der Waals surface area contributed by atoms with Gasteiger partial charge in [-0.1, -0.05) is 74.7 Å². The molecule has 0 aliphatic carbocycles. The average Bonchev–Trinajstić information content (AvgIpc) is 2.81. The van der Waals surface area contributed by atoms with Crippen LogP contribution >= 0.6 is 0 Å². The maximum absolute atomic E-state index is 12.3. The molecule has 0 radical (unpaired) electrons. The van der Waals surface area contributed by atoms with Crippen molar-refractivity contribution >= 4 is 55.2 Å². The van der Waals surface area contributed by atoms with Gasteiger partial charge >= 0.3 is 0 Å². The van der Waals surface area contributed by atoms with Crippen molar-refractivity contribution in [1.29, 1.82) is 0 Å². The molecule has 0 bridgehead atoms. The zero-order chi connectivity index (χ0) is 21.2. The number of aromatic nitrogens is 2. The number of amides is 1. The van der Waals surface area contributed by atoms with Crippen molar-refractivity contribution < 1.29 is 4.79 Å². The molecule has 0 fully saturated rings. The average molecular weight is 408 g/mol. The Bertz CT molecular complexity index is 1420. The summed E-state index contributed by atoms with van der Waals surface area (Å²) in [6.07, 6.45) is 4.92. The fraction of sp³-hybridized carbons (Fsp3) is 0.222. The van der Waals surface area contributed by atoms with Crippen LogP contribution in [-0.2, 0) is 4.79 Å². The highest BCUT2D eigenvalue weighted by molar-refractivity contribution is 6.23. The van der Waals surface area contributed by atoms with E-state index in [1.165, 1.54) is 23.6 Å². The van der Waals surface area contributed by atoms with Gasteiger partial charge in [0.05, 0.1) is 22.1 Å². The van der Waals surface area contributed by atoms with Crippen molar-refractivity contribution in [2.75, 3.05) is 5.32 Å². The van der Waals surface area contributed by atoms with Gasteiger partial charge in [0.25, 0.3) is 0 Å². The number of benzene rings is 4. The molecule has 1 heterocycles. The van der Waals surface area contributed by atoms with Crippen LogP contribution in [0, 0.1) is 0 Å². The van der Waals surface area contributed by atoms with Gasteiger partial charge in [-0.05, 0) is 35.4 Å². The fourth-order valence-corrected chi connectivity index (χ4v) is 4.29. The van der Waals surface area contributed by atoms with Gasteiger partial charge in [-0.25, -0.2) is 9.97 Å². The van der Waals surface area contributed by atoms with Gasteiger partial charge in [0.2, 0.25) is 5.91 Å². The lowest BCUT2D eigenvalue weighted by Gasteiger charge is -2.11. The molecule has 5 aromatic rings. The van der Waals surface area contributed by atoms with E-state index in [1.807, 2.05) is 30.3 Å². The summed E-state index contributed by atoms with van der Waals surface area (Å²) in [4.78, 5) is 22.3. The molecule has 5 rings (SSSR count). The Labute approximate surface area is 181 Å². The minimum atomic E-state index is 0.0562. The first-order chi connectivity index (χ1) is 15.2. The third-order valence-electron chi connectivity index (χ3n) is 5.86. The number of unbranched alkanes of at least 4 members (excludes halogenated alkanes) is 3. The van der Waals surface area contributed by atoms with Crippen molar-refractivity contribution in [3.63, 3.8) is 0 Å². The molecule has 4 aromatic carbocycles. The maximum Gasteiger partial charge on any atom is 0.224 e. The van der Waals surface area contributed by atoms with Crippen molar-refractivity contribution in [1.82, 2.24) is 9.97 Å². The minimum Gasteiger partial charge on any atom is -0.326 e. The van der Waals surface area contributed by atoms with Gasteiger partial charge in [0, 0.05) is 22.9 Å². The lowest BCUT2D eigenvalue weighted by Crippen LogP contribution is -2.11. The van der Waals surface area contributed by atoms with Crippen LogP contribution in [0.3, 0.4) is 0 Å². The number of nitrogens with one attached hydrogen (secondary N) is 1. The van der Waals surface area contributed by atoms with Gasteiger partial charge < -0.3 is 5.32 Å². The SMILES string of the molecule is CCCCCCC(=O)Nc1ccc2nc3c4ccccc4c4ccccc4c3nc2c1. The Balaban J connectivity index is 1.58. The number of carbonyl (C=O) groups is 1. The molecule has 0 saturated carbocycles. The molecule has 4 heteroatoms. The topological polar surface area (TPSA) is 54.9 Å². The Hall–Kier alpha value is -3.53. The third kappa shape index (κ3) is 3.70. The number of fused-ring (bicyclic) bond motifs is 7. The highest BCUT2D eigenvalue weighted by atomic mass is 16.1.